The molecule has 2 rings (SSSR count). The molecule has 1 aromatic carbocycles. The van der Waals surface area contributed by atoms with Gasteiger partial charge in [0.25, 0.3) is 5.91 Å². The SMILES string of the molecule is CN(C(=O)c1cn[nH]n1)c1ccccc1C#N. The Morgan fingerprint density at radius 1 is 1.47 bits per heavy atom. The molecule has 17 heavy (non-hydrogen) atoms. The van der Waals surface area contributed by atoms with E-state index in [1.807, 2.05) is 6.07 Å². The van der Waals surface area contributed by atoms with Crippen LogP contribution in [0.2, 0.25) is 0 Å². The van der Waals surface area contributed by atoms with E-state index in [1.165, 1.54) is 11.1 Å². The number of carbonyl (C=O) groups is 1. The number of anilines is 1. The van der Waals surface area contributed by atoms with Crippen molar-refractivity contribution in [1.82, 2.24) is 15.4 Å². The van der Waals surface area contributed by atoms with Crippen molar-refractivity contribution in [2.75, 3.05) is 11.9 Å². The van der Waals surface area contributed by atoms with Gasteiger partial charge in [-0.2, -0.15) is 20.7 Å². The standard InChI is InChI=1S/C11H9N5O/c1-16(11(17)9-7-13-15-14-9)10-5-3-2-4-8(10)6-12/h2-5,7H,1H3,(H,13,14,15). The quantitative estimate of drug-likeness (QED) is 0.827. The van der Waals surface area contributed by atoms with Gasteiger partial charge < -0.3 is 4.90 Å². The van der Waals surface area contributed by atoms with Gasteiger partial charge >= 0.3 is 0 Å². The van der Waals surface area contributed by atoms with Crippen molar-refractivity contribution in [2.24, 2.45) is 0 Å². The van der Waals surface area contributed by atoms with Crippen molar-refractivity contribution >= 4 is 11.6 Å². The minimum absolute atomic E-state index is 0.209. The lowest BCUT2D eigenvalue weighted by molar-refractivity contribution is 0.0988. The second-order valence-corrected chi connectivity index (χ2v) is 3.35. The molecular weight excluding hydrogens is 218 g/mol. The minimum Gasteiger partial charge on any atom is -0.309 e. The zero-order valence-corrected chi connectivity index (χ0v) is 9.08. The number of para-hydroxylation sites is 1. The van der Waals surface area contributed by atoms with Crippen LogP contribution >= 0.6 is 0 Å². The molecule has 0 aliphatic carbocycles. The number of amides is 1. The molecule has 0 spiro atoms. The number of hydrogen-bond acceptors (Lipinski definition) is 4. The number of nitrogens with one attached hydrogen (secondary N) is 1. The molecule has 6 nitrogen and oxygen atoms in total. The number of nitriles is 1. The Bertz CT molecular complexity index is 570. The fourth-order valence-corrected chi connectivity index (χ4v) is 1.45. The summed E-state index contributed by atoms with van der Waals surface area (Å²) in [6.07, 6.45) is 1.34. The van der Waals surface area contributed by atoms with Crippen molar-refractivity contribution in [3.63, 3.8) is 0 Å². The summed E-state index contributed by atoms with van der Waals surface area (Å²) >= 11 is 0. The first-order valence-corrected chi connectivity index (χ1v) is 4.87. The van der Waals surface area contributed by atoms with Crippen molar-refractivity contribution in [3.8, 4) is 6.07 Å². The maximum absolute atomic E-state index is 12.0. The highest BCUT2D eigenvalue weighted by atomic mass is 16.2. The molecule has 1 heterocycles. The molecule has 6 heteroatoms. The Kier molecular flexibility index (Phi) is 2.83. The molecule has 0 unspecified atom stereocenters. The molecule has 0 aliphatic heterocycles. The van der Waals surface area contributed by atoms with Crippen molar-refractivity contribution < 1.29 is 4.79 Å². The summed E-state index contributed by atoms with van der Waals surface area (Å²) in [5.41, 5.74) is 1.19. The van der Waals surface area contributed by atoms with Gasteiger partial charge in [0, 0.05) is 7.05 Å². The normalized spacial score (nSPS) is 9.65. The van der Waals surface area contributed by atoms with Crippen LogP contribution in [0.5, 0.6) is 0 Å². The molecule has 0 fully saturated rings. The van der Waals surface area contributed by atoms with Crippen LogP contribution in [0.3, 0.4) is 0 Å². The Labute approximate surface area is 97.5 Å². The summed E-state index contributed by atoms with van der Waals surface area (Å²) in [5, 5.41) is 18.6. The molecule has 0 aliphatic rings. The van der Waals surface area contributed by atoms with E-state index in [2.05, 4.69) is 15.4 Å². The number of carbonyl (C=O) groups excluding carboxylic acids is 1. The van der Waals surface area contributed by atoms with Gasteiger partial charge in [0.15, 0.2) is 5.69 Å². The lowest BCUT2D eigenvalue weighted by atomic mass is 10.2. The van der Waals surface area contributed by atoms with Gasteiger partial charge in [-0.25, -0.2) is 0 Å². The molecule has 0 atom stereocenters. The second-order valence-electron chi connectivity index (χ2n) is 3.35. The molecule has 0 saturated heterocycles. The second kappa shape index (κ2) is 4.45. The van der Waals surface area contributed by atoms with Crippen molar-refractivity contribution in [1.29, 1.82) is 5.26 Å². The van der Waals surface area contributed by atoms with E-state index in [4.69, 9.17) is 5.26 Å². The number of hydrogen-bond donors (Lipinski definition) is 1. The summed E-state index contributed by atoms with van der Waals surface area (Å²) in [4.78, 5) is 13.3. The van der Waals surface area contributed by atoms with E-state index in [1.54, 1.807) is 31.3 Å². The Balaban J connectivity index is 2.35. The number of rotatable bonds is 2. The molecule has 1 N–H and O–H groups in total. The molecular formula is C11H9N5O. The number of nitrogens with zero attached hydrogens (tertiary/aromatic N) is 4. The minimum atomic E-state index is -0.318. The van der Waals surface area contributed by atoms with E-state index < -0.39 is 0 Å². The van der Waals surface area contributed by atoms with Crippen LogP contribution in [-0.4, -0.2) is 28.4 Å². The lowest BCUT2D eigenvalue weighted by Crippen LogP contribution is -2.27. The maximum atomic E-state index is 12.0. The van der Waals surface area contributed by atoms with Gasteiger partial charge in [0.2, 0.25) is 0 Å². The summed E-state index contributed by atoms with van der Waals surface area (Å²) in [7, 11) is 1.59. The number of H-pyrrole nitrogens is 1. The van der Waals surface area contributed by atoms with E-state index >= 15 is 0 Å². The molecule has 2 aromatic rings. The molecule has 1 aromatic heterocycles. The van der Waals surface area contributed by atoms with E-state index in [-0.39, 0.29) is 11.6 Å². The molecule has 84 valence electrons. The predicted molar refractivity (Wildman–Crippen MR) is 60.3 cm³/mol. The topological polar surface area (TPSA) is 85.7 Å². The van der Waals surface area contributed by atoms with Gasteiger partial charge in [0.05, 0.1) is 17.4 Å². The first-order chi connectivity index (χ1) is 8.24. The monoisotopic (exact) mass is 227 g/mol. The van der Waals surface area contributed by atoms with Crippen LogP contribution in [0.15, 0.2) is 30.5 Å². The average Bonchev–Trinajstić information content (AvgIpc) is 2.90. The zero-order chi connectivity index (χ0) is 12.3. The van der Waals surface area contributed by atoms with Gasteiger partial charge in [-0.3, -0.25) is 4.79 Å². The van der Waals surface area contributed by atoms with Crippen LogP contribution in [0.1, 0.15) is 16.1 Å². The number of benzene rings is 1. The van der Waals surface area contributed by atoms with Gasteiger partial charge in [-0.15, -0.1) is 0 Å². The van der Waals surface area contributed by atoms with Gasteiger partial charge in [-0.05, 0) is 12.1 Å². The van der Waals surface area contributed by atoms with Crippen LogP contribution in [0.4, 0.5) is 5.69 Å². The van der Waals surface area contributed by atoms with Crippen molar-refractivity contribution in [3.05, 3.63) is 41.7 Å². The fraction of sp³-hybridized carbons (Fsp3) is 0.0909. The highest BCUT2D eigenvalue weighted by Gasteiger charge is 2.17. The molecule has 0 saturated carbocycles. The largest absolute Gasteiger partial charge is 0.309 e. The van der Waals surface area contributed by atoms with E-state index in [0.717, 1.165) is 0 Å². The van der Waals surface area contributed by atoms with E-state index in [9.17, 15) is 4.79 Å². The molecule has 0 bridgehead atoms. The lowest BCUT2D eigenvalue weighted by Gasteiger charge is -2.16. The van der Waals surface area contributed by atoms with Crippen LogP contribution in [0.25, 0.3) is 0 Å². The predicted octanol–water partition coefficient (Wildman–Crippen LogP) is 0.953. The average molecular weight is 227 g/mol. The highest BCUT2D eigenvalue weighted by Crippen LogP contribution is 2.19. The Hall–Kier alpha value is -2.68. The van der Waals surface area contributed by atoms with Crippen LogP contribution < -0.4 is 4.90 Å². The third-order valence-electron chi connectivity index (χ3n) is 2.32. The first kappa shape index (κ1) is 10.8. The third-order valence-corrected chi connectivity index (χ3v) is 2.32. The number of aromatic nitrogens is 3. The van der Waals surface area contributed by atoms with E-state index in [0.29, 0.717) is 11.3 Å². The highest BCUT2D eigenvalue weighted by molar-refractivity contribution is 6.04. The summed E-state index contributed by atoms with van der Waals surface area (Å²) in [5.74, 6) is -0.318. The summed E-state index contributed by atoms with van der Waals surface area (Å²) in [6, 6.07) is 8.91. The zero-order valence-electron chi connectivity index (χ0n) is 9.08. The summed E-state index contributed by atoms with van der Waals surface area (Å²) in [6.45, 7) is 0. The van der Waals surface area contributed by atoms with Crippen LogP contribution in [-0.2, 0) is 0 Å². The summed E-state index contributed by atoms with van der Waals surface area (Å²) < 4.78 is 0. The number of aromatic amines is 1. The third kappa shape index (κ3) is 1.99. The van der Waals surface area contributed by atoms with Crippen LogP contribution in [0, 0.1) is 11.3 Å². The molecule has 0 radical (unpaired) electrons. The van der Waals surface area contributed by atoms with Gasteiger partial charge in [0.1, 0.15) is 6.07 Å². The smallest absolute Gasteiger partial charge is 0.280 e. The fourth-order valence-electron chi connectivity index (χ4n) is 1.45. The molecule has 1 amide bonds. The first-order valence-electron chi connectivity index (χ1n) is 4.87. The maximum Gasteiger partial charge on any atom is 0.280 e. The van der Waals surface area contributed by atoms with Crippen molar-refractivity contribution in [2.45, 2.75) is 0 Å². The van der Waals surface area contributed by atoms with Gasteiger partial charge in [-0.1, -0.05) is 12.1 Å². The Morgan fingerprint density at radius 3 is 2.88 bits per heavy atom. The Morgan fingerprint density at radius 2 is 2.24 bits per heavy atom.